The first-order valence-corrected chi connectivity index (χ1v) is 8.25. The Balaban J connectivity index is 1.51. The molecule has 4 nitrogen and oxygen atoms in total. The minimum Gasteiger partial charge on any atom is -0.366 e. The van der Waals surface area contributed by atoms with Crippen molar-refractivity contribution in [2.45, 2.75) is 0 Å². The molecule has 0 bridgehead atoms. The Morgan fingerprint density at radius 3 is 2.33 bits per heavy atom. The summed E-state index contributed by atoms with van der Waals surface area (Å²) in [5, 5.41) is 2.37. The van der Waals surface area contributed by atoms with Crippen LogP contribution in [0.4, 0.5) is 5.69 Å². The van der Waals surface area contributed by atoms with Gasteiger partial charge < -0.3 is 9.80 Å². The first kappa shape index (κ1) is 14.7. The summed E-state index contributed by atoms with van der Waals surface area (Å²) in [6, 6.07) is 17.8. The molecule has 120 valence electrons. The second kappa shape index (κ2) is 6.32. The Morgan fingerprint density at radius 1 is 0.833 bits per heavy atom. The van der Waals surface area contributed by atoms with Crippen molar-refractivity contribution in [2.24, 2.45) is 0 Å². The van der Waals surface area contributed by atoms with Gasteiger partial charge in [-0.05, 0) is 12.1 Å². The van der Waals surface area contributed by atoms with Gasteiger partial charge in [0.1, 0.15) is 0 Å². The standard InChI is InChI=1S/C20H19N3O/c24-20(16-6-2-1-3-7-16)23-12-10-22(11-13-23)19-15-21-14-17-8-4-5-9-18(17)19/h1-9,14-15H,10-13H2. The van der Waals surface area contributed by atoms with E-state index in [1.807, 2.05) is 53.7 Å². The molecule has 3 aromatic rings. The van der Waals surface area contributed by atoms with E-state index in [0.29, 0.717) is 0 Å². The van der Waals surface area contributed by atoms with E-state index < -0.39 is 0 Å². The van der Waals surface area contributed by atoms with Crippen molar-refractivity contribution in [1.29, 1.82) is 0 Å². The molecule has 0 spiro atoms. The first-order chi connectivity index (χ1) is 11.8. The van der Waals surface area contributed by atoms with Crippen molar-refractivity contribution >= 4 is 22.4 Å². The SMILES string of the molecule is O=C(c1ccccc1)N1CCN(c2cncc3ccccc23)CC1. The Morgan fingerprint density at radius 2 is 1.54 bits per heavy atom. The number of pyridine rings is 1. The largest absolute Gasteiger partial charge is 0.366 e. The highest BCUT2D eigenvalue weighted by atomic mass is 16.2. The minimum absolute atomic E-state index is 0.117. The average Bonchev–Trinajstić information content (AvgIpc) is 2.68. The molecular formula is C20H19N3O. The molecule has 0 atom stereocenters. The molecular weight excluding hydrogens is 298 g/mol. The maximum atomic E-state index is 12.6. The highest BCUT2D eigenvalue weighted by Gasteiger charge is 2.23. The molecule has 0 N–H and O–H groups in total. The number of aromatic nitrogens is 1. The molecule has 1 amide bonds. The Hall–Kier alpha value is -2.88. The van der Waals surface area contributed by atoms with Gasteiger partial charge in [-0.2, -0.15) is 0 Å². The van der Waals surface area contributed by atoms with Crippen LogP contribution >= 0.6 is 0 Å². The van der Waals surface area contributed by atoms with E-state index in [1.54, 1.807) is 0 Å². The van der Waals surface area contributed by atoms with Crippen LogP contribution in [-0.2, 0) is 0 Å². The number of nitrogens with zero attached hydrogens (tertiary/aromatic N) is 3. The number of anilines is 1. The van der Waals surface area contributed by atoms with Gasteiger partial charge in [0.2, 0.25) is 0 Å². The molecule has 1 aliphatic heterocycles. The van der Waals surface area contributed by atoms with Crippen LogP contribution in [0.2, 0.25) is 0 Å². The summed E-state index contributed by atoms with van der Waals surface area (Å²) in [5.74, 6) is 0.117. The van der Waals surface area contributed by atoms with E-state index in [1.165, 1.54) is 5.39 Å². The lowest BCUT2D eigenvalue weighted by molar-refractivity contribution is 0.0747. The van der Waals surface area contributed by atoms with E-state index in [-0.39, 0.29) is 5.91 Å². The maximum absolute atomic E-state index is 12.6. The average molecular weight is 317 g/mol. The van der Waals surface area contributed by atoms with Gasteiger partial charge in [-0.25, -0.2) is 0 Å². The molecule has 1 aromatic heterocycles. The van der Waals surface area contributed by atoms with Gasteiger partial charge in [-0.15, -0.1) is 0 Å². The molecule has 1 fully saturated rings. The summed E-state index contributed by atoms with van der Waals surface area (Å²) in [7, 11) is 0. The summed E-state index contributed by atoms with van der Waals surface area (Å²) in [6.07, 6.45) is 3.82. The molecule has 0 unspecified atom stereocenters. The third kappa shape index (κ3) is 2.71. The Labute approximate surface area is 141 Å². The molecule has 1 saturated heterocycles. The fourth-order valence-electron chi connectivity index (χ4n) is 3.27. The summed E-state index contributed by atoms with van der Waals surface area (Å²) in [6.45, 7) is 3.12. The van der Waals surface area contributed by atoms with Crippen molar-refractivity contribution in [2.75, 3.05) is 31.1 Å². The highest BCUT2D eigenvalue weighted by Crippen LogP contribution is 2.26. The van der Waals surface area contributed by atoms with Gasteiger partial charge in [0.05, 0.1) is 11.9 Å². The van der Waals surface area contributed by atoms with Crippen LogP contribution in [-0.4, -0.2) is 42.0 Å². The van der Waals surface area contributed by atoms with E-state index in [9.17, 15) is 4.79 Å². The number of hydrogen-bond acceptors (Lipinski definition) is 3. The van der Waals surface area contributed by atoms with Crippen LogP contribution in [0.1, 0.15) is 10.4 Å². The van der Waals surface area contributed by atoms with Gasteiger partial charge in [0.25, 0.3) is 5.91 Å². The van der Waals surface area contributed by atoms with E-state index >= 15 is 0 Å². The number of benzene rings is 2. The summed E-state index contributed by atoms with van der Waals surface area (Å²) in [5.41, 5.74) is 1.91. The highest BCUT2D eigenvalue weighted by molar-refractivity contribution is 5.95. The molecule has 0 radical (unpaired) electrons. The summed E-state index contributed by atoms with van der Waals surface area (Å²) < 4.78 is 0. The minimum atomic E-state index is 0.117. The number of hydrogen-bond donors (Lipinski definition) is 0. The normalized spacial score (nSPS) is 14.8. The monoisotopic (exact) mass is 317 g/mol. The number of carbonyl (C=O) groups is 1. The zero-order valence-electron chi connectivity index (χ0n) is 13.4. The van der Waals surface area contributed by atoms with E-state index in [2.05, 4.69) is 28.1 Å². The number of carbonyl (C=O) groups excluding carboxylic acids is 1. The zero-order valence-corrected chi connectivity index (χ0v) is 13.4. The quantitative estimate of drug-likeness (QED) is 0.728. The predicted octanol–water partition coefficient (Wildman–Crippen LogP) is 3.20. The predicted molar refractivity (Wildman–Crippen MR) is 96.3 cm³/mol. The Bertz CT molecular complexity index is 850. The molecule has 2 aromatic carbocycles. The third-order valence-corrected chi connectivity index (χ3v) is 4.58. The van der Waals surface area contributed by atoms with Gasteiger partial charge in [-0.1, -0.05) is 42.5 Å². The number of fused-ring (bicyclic) bond motifs is 1. The second-order valence-electron chi connectivity index (χ2n) is 6.03. The number of rotatable bonds is 2. The van der Waals surface area contributed by atoms with Gasteiger partial charge in [0.15, 0.2) is 0 Å². The third-order valence-electron chi connectivity index (χ3n) is 4.58. The van der Waals surface area contributed by atoms with Gasteiger partial charge in [-0.3, -0.25) is 9.78 Å². The van der Waals surface area contributed by atoms with E-state index in [0.717, 1.165) is 42.8 Å². The number of amides is 1. The van der Waals surface area contributed by atoms with Crippen LogP contribution < -0.4 is 4.90 Å². The lowest BCUT2D eigenvalue weighted by Gasteiger charge is -2.36. The fourth-order valence-corrected chi connectivity index (χ4v) is 3.27. The van der Waals surface area contributed by atoms with Gasteiger partial charge in [0, 0.05) is 48.7 Å². The van der Waals surface area contributed by atoms with Crippen molar-refractivity contribution in [3.05, 3.63) is 72.6 Å². The van der Waals surface area contributed by atoms with Gasteiger partial charge >= 0.3 is 0 Å². The van der Waals surface area contributed by atoms with Crippen LogP contribution in [0.15, 0.2) is 67.0 Å². The molecule has 2 heterocycles. The summed E-state index contributed by atoms with van der Waals surface area (Å²) in [4.78, 5) is 21.2. The molecule has 0 aliphatic carbocycles. The second-order valence-corrected chi connectivity index (χ2v) is 6.03. The fraction of sp³-hybridized carbons (Fsp3) is 0.200. The first-order valence-electron chi connectivity index (χ1n) is 8.25. The zero-order chi connectivity index (χ0) is 16.4. The molecule has 4 rings (SSSR count). The van der Waals surface area contributed by atoms with Crippen molar-refractivity contribution in [3.63, 3.8) is 0 Å². The lowest BCUT2D eigenvalue weighted by Crippen LogP contribution is -2.48. The van der Waals surface area contributed by atoms with Crippen LogP contribution in [0.3, 0.4) is 0 Å². The molecule has 0 saturated carbocycles. The number of piperazine rings is 1. The smallest absolute Gasteiger partial charge is 0.253 e. The van der Waals surface area contributed by atoms with Crippen molar-refractivity contribution in [1.82, 2.24) is 9.88 Å². The molecule has 4 heteroatoms. The lowest BCUT2D eigenvalue weighted by atomic mass is 10.1. The topological polar surface area (TPSA) is 36.4 Å². The maximum Gasteiger partial charge on any atom is 0.253 e. The van der Waals surface area contributed by atoms with E-state index in [4.69, 9.17) is 0 Å². The summed E-state index contributed by atoms with van der Waals surface area (Å²) >= 11 is 0. The Kier molecular flexibility index (Phi) is 3.87. The van der Waals surface area contributed by atoms with Crippen LogP contribution in [0.5, 0.6) is 0 Å². The van der Waals surface area contributed by atoms with Crippen LogP contribution in [0, 0.1) is 0 Å². The van der Waals surface area contributed by atoms with Crippen molar-refractivity contribution < 1.29 is 4.79 Å². The molecule has 1 aliphatic rings. The van der Waals surface area contributed by atoms with Crippen molar-refractivity contribution in [3.8, 4) is 0 Å². The van der Waals surface area contributed by atoms with Crippen LogP contribution in [0.25, 0.3) is 10.8 Å². The molecule has 24 heavy (non-hydrogen) atoms.